The lowest BCUT2D eigenvalue weighted by atomic mass is 10.2. The first-order valence-electron chi connectivity index (χ1n) is 5.25. The van der Waals surface area contributed by atoms with E-state index in [0.29, 0.717) is 16.6 Å². The van der Waals surface area contributed by atoms with Gasteiger partial charge in [-0.05, 0) is 18.6 Å². The van der Waals surface area contributed by atoms with E-state index in [-0.39, 0.29) is 11.5 Å². The van der Waals surface area contributed by atoms with Crippen molar-refractivity contribution in [2.45, 2.75) is 18.7 Å². The second-order valence-electron chi connectivity index (χ2n) is 3.71. The molecule has 0 spiro atoms. The highest BCUT2D eigenvalue weighted by molar-refractivity contribution is 9.08. The Kier molecular flexibility index (Phi) is 3.96. The second-order valence-corrected chi connectivity index (χ2v) is 4.27. The van der Waals surface area contributed by atoms with Gasteiger partial charge >= 0.3 is 0 Å². The van der Waals surface area contributed by atoms with Crippen molar-refractivity contribution in [3.8, 4) is 11.5 Å². The predicted octanol–water partition coefficient (Wildman–Crippen LogP) is 3.68. The van der Waals surface area contributed by atoms with Gasteiger partial charge in [-0.1, -0.05) is 22.0 Å². The number of rotatable bonds is 3. The molecular weight excluding hydrogens is 304 g/mol. The van der Waals surface area contributed by atoms with E-state index in [4.69, 9.17) is 0 Å². The monoisotopic (exact) mass is 313 g/mol. The number of nitrogens with zero attached hydrogens (tertiary/aromatic N) is 3. The van der Waals surface area contributed by atoms with Crippen LogP contribution in [0.5, 0.6) is 0 Å². The van der Waals surface area contributed by atoms with Gasteiger partial charge in [-0.15, -0.1) is 0 Å². The first-order chi connectivity index (χ1) is 8.63. The van der Waals surface area contributed by atoms with Crippen molar-refractivity contribution < 1.29 is 8.78 Å². The molecule has 2 rings (SSSR count). The summed E-state index contributed by atoms with van der Waals surface area (Å²) in [7, 11) is 0. The van der Waals surface area contributed by atoms with Gasteiger partial charge in [0.2, 0.25) is 0 Å². The lowest BCUT2D eigenvalue weighted by Gasteiger charge is -2.08. The summed E-state index contributed by atoms with van der Waals surface area (Å²) in [6.45, 7) is 1.84. The highest BCUT2D eigenvalue weighted by Gasteiger charge is 2.17. The van der Waals surface area contributed by atoms with Gasteiger partial charge in [0.05, 0.1) is 0 Å². The van der Waals surface area contributed by atoms with Crippen molar-refractivity contribution >= 4 is 15.9 Å². The van der Waals surface area contributed by atoms with E-state index in [0.717, 1.165) is 5.56 Å². The molecule has 0 unspecified atom stereocenters. The zero-order chi connectivity index (χ0) is 13.1. The molecule has 18 heavy (non-hydrogen) atoms. The maximum absolute atomic E-state index is 12.9. The van der Waals surface area contributed by atoms with E-state index >= 15 is 0 Å². The molecule has 0 radical (unpaired) electrons. The summed E-state index contributed by atoms with van der Waals surface area (Å²) in [5.74, 6) is 0.230. The van der Waals surface area contributed by atoms with Crippen LogP contribution in [0.25, 0.3) is 11.5 Å². The van der Waals surface area contributed by atoms with E-state index in [9.17, 15) is 8.78 Å². The molecule has 0 amide bonds. The lowest BCUT2D eigenvalue weighted by molar-refractivity contribution is 0.145. The molecule has 2 aromatic rings. The van der Waals surface area contributed by atoms with Crippen molar-refractivity contribution in [3.05, 3.63) is 41.3 Å². The van der Waals surface area contributed by atoms with Gasteiger partial charge in [0.1, 0.15) is 11.4 Å². The molecular formula is C12H10BrF2N3. The molecule has 0 aliphatic heterocycles. The highest BCUT2D eigenvalue weighted by atomic mass is 79.9. The zero-order valence-corrected chi connectivity index (χ0v) is 11.2. The fourth-order valence-electron chi connectivity index (χ4n) is 1.55. The predicted molar refractivity (Wildman–Crippen MR) is 67.6 cm³/mol. The number of aromatic nitrogens is 3. The van der Waals surface area contributed by atoms with E-state index in [1.807, 2.05) is 13.0 Å². The molecule has 0 atom stereocenters. The van der Waals surface area contributed by atoms with Gasteiger partial charge < -0.3 is 0 Å². The maximum Gasteiger partial charge on any atom is 0.280 e. The molecule has 2 aromatic heterocycles. The largest absolute Gasteiger partial charge is 0.280 e. The Labute approximate surface area is 111 Å². The zero-order valence-electron chi connectivity index (χ0n) is 9.57. The Balaban J connectivity index is 2.54. The minimum Gasteiger partial charge on any atom is -0.253 e. The van der Waals surface area contributed by atoms with Crippen LogP contribution in [0.2, 0.25) is 0 Å². The Hall–Kier alpha value is -1.43. The Bertz CT molecular complexity index is 561. The molecule has 0 fully saturated rings. The van der Waals surface area contributed by atoms with E-state index in [1.165, 1.54) is 6.20 Å². The number of pyridine rings is 1. The van der Waals surface area contributed by atoms with E-state index in [2.05, 4.69) is 30.9 Å². The smallest absolute Gasteiger partial charge is 0.253 e. The van der Waals surface area contributed by atoms with E-state index < -0.39 is 6.43 Å². The standard InChI is InChI=1S/C12H10BrF2N3/c1-7-3-2-4-16-9(7)12-17-6-8(5-13)10(18-12)11(14)15/h2-4,6,11H,5H2,1H3. The lowest BCUT2D eigenvalue weighted by Crippen LogP contribution is -2.02. The summed E-state index contributed by atoms with van der Waals surface area (Å²) in [4.78, 5) is 12.1. The van der Waals surface area contributed by atoms with Crippen LogP contribution in [-0.4, -0.2) is 15.0 Å². The summed E-state index contributed by atoms with van der Waals surface area (Å²) in [6.07, 6.45) is 0.377. The third-order valence-corrected chi connectivity index (χ3v) is 3.07. The average molecular weight is 314 g/mol. The quantitative estimate of drug-likeness (QED) is 0.811. The first kappa shape index (κ1) is 13.0. The van der Waals surface area contributed by atoms with Crippen molar-refractivity contribution in [1.82, 2.24) is 15.0 Å². The van der Waals surface area contributed by atoms with Crippen LogP contribution in [0, 0.1) is 6.92 Å². The van der Waals surface area contributed by atoms with Crippen LogP contribution in [-0.2, 0) is 5.33 Å². The number of hydrogen-bond donors (Lipinski definition) is 0. The molecule has 0 aromatic carbocycles. The third-order valence-electron chi connectivity index (χ3n) is 2.47. The normalized spacial score (nSPS) is 10.9. The fraction of sp³-hybridized carbons (Fsp3) is 0.250. The first-order valence-corrected chi connectivity index (χ1v) is 6.37. The molecule has 6 heteroatoms. The second kappa shape index (κ2) is 5.48. The molecule has 0 aliphatic carbocycles. The molecule has 0 saturated heterocycles. The van der Waals surface area contributed by atoms with Gasteiger partial charge in [0, 0.05) is 23.3 Å². The summed E-state index contributed by atoms with van der Waals surface area (Å²) in [5.41, 5.74) is 1.52. The van der Waals surface area contributed by atoms with Gasteiger partial charge in [-0.25, -0.2) is 18.7 Å². The van der Waals surface area contributed by atoms with Crippen LogP contribution in [0.3, 0.4) is 0 Å². The molecule has 2 heterocycles. The average Bonchev–Trinajstić information content (AvgIpc) is 2.38. The van der Waals surface area contributed by atoms with Crippen LogP contribution in [0.1, 0.15) is 23.2 Å². The number of hydrogen-bond acceptors (Lipinski definition) is 3. The van der Waals surface area contributed by atoms with Crippen LogP contribution in [0.15, 0.2) is 24.5 Å². The number of alkyl halides is 3. The van der Waals surface area contributed by atoms with Crippen LogP contribution < -0.4 is 0 Å². The van der Waals surface area contributed by atoms with Gasteiger partial charge in [0.15, 0.2) is 5.82 Å². The third kappa shape index (κ3) is 2.53. The highest BCUT2D eigenvalue weighted by Crippen LogP contribution is 2.25. The molecule has 94 valence electrons. The maximum atomic E-state index is 12.9. The molecule has 0 aliphatic rings. The summed E-state index contributed by atoms with van der Waals surface area (Å²) >= 11 is 3.14. The minimum absolute atomic E-state index is 0.230. The molecule has 0 saturated carbocycles. The van der Waals surface area contributed by atoms with Crippen molar-refractivity contribution in [2.24, 2.45) is 0 Å². The van der Waals surface area contributed by atoms with Gasteiger partial charge in [0.25, 0.3) is 6.43 Å². The number of aryl methyl sites for hydroxylation is 1. The molecule has 0 bridgehead atoms. The Morgan fingerprint density at radius 2 is 2.11 bits per heavy atom. The van der Waals surface area contributed by atoms with Gasteiger partial charge in [-0.2, -0.15) is 0 Å². The molecule has 3 nitrogen and oxygen atoms in total. The van der Waals surface area contributed by atoms with Crippen LogP contribution in [0.4, 0.5) is 8.78 Å². The Morgan fingerprint density at radius 3 is 2.72 bits per heavy atom. The topological polar surface area (TPSA) is 38.7 Å². The Morgan fingerprint density at radius 1 is 1.33 bits per heavy atom. The van der Waals surface area contributed by atoms with Crippen molar-refractivity contribution in [1.29, 1.82) is 0 Å². The summed E-state index contributed by atoms with van der Waals surface area (Å²) < 4.78 is 25.8. The van der Waals surface area contributed by atoms with Crippen molar-refractivity contribution in [2.75, 3.05) is 0 Å². The summed E-state index contributed by atoms with van der Waals surface area (Å²) in [6, 6.07) is 3.62. The SMILES string of the molecule is Cc1cccnc1-c1ncc(CBr)c(C(F)F)n1. The van der Waals surface area contributed by atoms with E-state index in [1.54, 1.807) is 12.3 Å². The fourth-order valence-corrected chi connectivity index (χ4v) is 1.98. The summed E-state index contributed by atoms with van der Waals surface area (Å²) in [5, 5.41) is 0.300. The number of halogens is 3. The van der Waals surface area contributed by atoms with Crippen molar-refractivity contribution in [3.63, 3.8) is 0 Å². The van der Waals surface area contributed by atoms with Gasteiger partial charge in [-0.3, -0.25) is 4.98 Å². The molecule has 0 N–H and O–H groups in total. The minimum atomic E-state index is -2.62. The van der Waals surface area contributed by atoms with Crippen LogP contribution >= 0.6 is 15.9 Å².